The quantitative estimate of drug-likeness (QED) is 0.731. The number of aromatic nitrogens is 1. The zero-order chi connectivity index (χ0) is 14.5. The zero-order valence-electron chi connectivity index (χ0n) is 12.6. The molecule has 0 aromatic carbocycles. The van der Waals surface area contributed by atoms with Crippen molar-refractivity contribution < 1.29 is 0 Å². The summed E-state index contributed by atoms with van der Waals surface area (Å²) in [4.78, 5) is 6.47. The van der Waals surface area contributed by atoms with Gasteiger partial charge in [-0.25, -0.2) is 4.98 Å². The Bertz CT molecular complexity index is 620. The van der Waals surface area contributed by atoms with Crippen molar-refractivity contribution in [3.8, 4) is 6.07 Å². The molecule has 3 heteroatoms. The van der Waals surface area contributed by atoms with E-state index in [1.54, 1.807) is 0 Å². The number of nitrogens with zero attached hydrogens (tertiary/aromatic N) is 2. The molecule has 0 N–H and O–H groups in total. The van der Waals surface area contributed by atoms with Crippen LogP contribution in [0.25, 0.3) is 10.2 Å². The van der Waals surface area contributed by atoms with Gasteiger partial charge in [0, 0.05) is 11.1 Å². The second-order valence-corrected chi connectivity index (χ2v) is 6.59. The predicted octanol–water partition coefficient (Wildman–Crippen LogP) is 5.10. The molecule has 0 radical (unpaired) electrons. The highest BCUT2D eigenvalue weighted by molar-refractivity contribution is 7.19. The van der Waals surface area contributed by atoms with Crippen LogP contribution in [0, 0.1) is 17.2 Å². The van der Waals surface area contributed by atoms with Crippen LogP contribution < -0.4 is 0 Å². The minimum Gasteiger partial charge on any atom is -0.242 e. The fourth-order valence-electron chi connectivity index (χ4n) is 2.36. The Morgan fingerprint density at radius 1 is 1.35 bits per heavy atom. The highest BCUT2D eigenvalue weighted by Crippen LogP contribution is 2.30. The lowest BCUT2D eigenvalue weighted by molar-refractivity contribution is 0.495. The van der Waals surface area contributed by atoms with E-state index in [0.717, 1.165) is 33.9 Å². The van der Waals surface area contributed by atoms with Gasteiger partial charge < -0.3 is 0 Å². The van der Waals surface area contributed by atoms with Crippen molar-refractivity contribution in [1.29, 1.82) is 5.26 Å². The summed E-state index contributed by atoms with van der Waals surface area (Å²) in [6.45, 7) is 6.65. The summed E-state index contributed by atoms with van der Waals surface area (Å²) in [7, 11) is 0. The van der Waals surface area contributed by atoms with Crippen LogP contribution in [-0.2, 0) is 12.8 Å². The molecule has 2 nitrogen and oxygen atoms in total. The fraction of sp³-hybridized carbons (Fsp3) is 0.529. The third-order valence-electron chi connectivity index (χ3n) is 3.73. The van der Waals surface area contributed by atoms with Gasteiger partial charge in [-0.1, -0.05) is 33.6 Å². The first-order valence-electron chi connectivity index (χ1n) is 7.50. The Balaban J connectivity index is 0.000000328. The van der Waals surface area contributed by atoms with Crippen molar-refractivity contribution in [2.45, 2.75) is 52.9 Å². The molecular weight excluding hydrogens is 264 g/mol. The van der Waals surface area contributed by atoms with Crippen LogP contribution in [0.2, 0.25) is 0 Å². The average Bonchev–Trinajstić information content (AvgIpc) is 2.87. The van der Waals surface area contributed by atoms with Crippen molar-refractivity contribution in [1.82, 2.24) is 4.98 Å². The van der Waals surface area contributed by atoms with Crippen LogP contribution in [0.4, 0.5) is 0 Å². The van der Waals surface area contributed by atoms with Crippen LogP contribution in [0.5, 0.6) is 0 Å². The third kappa shape index (κ3) is 3.37. The van der Waals surface area contributed by atoms with Crippen LogP contribution in [0.1, 0.15) is 56.2 Å². The second kappa shape index (κ2) is 6.85. The molecule has 20 heavy (non-hydrogen) atoms. The van der Waals surface area contributed by atoms with Crippen LogP contribution in [0.3, 0.4) is 0 Å². The normalized spacial score (nSPS) is 17.0. The molecule has 1 unspecified atom stereocenters. The summed E-state index contributed by atoms with van der Waals surface area (Å²) in [5.74, 6) is 0.765. The van der Waals surface area contributed by atoms with E-state index >= 15 is 0 Å². The van der Waals surface area contributed by atoms with Crippen molar-refractivity contribution in [3.63, 3.8) is 0 Å². The average molecular weight is 286 g/mol. The van der Waals surface area contributed by atoms with Crippen molar-refractivity contribution in [2.75, 3.05) is 0 Å². The van der Waals surface area contributed by atoms with E-state index < -0.39 is 0 Å². The van der Waals surface area contributed by atoms with E-state index in [2.05, 4.69) is 37.9 Å². The molecule has 0 saturated heterocycles. The molecule has 2 heterocycles. The van der Waals surface area contributed by atoms with Gasteiger partial charge in [0.15, 0.2) is 0 Å². The first-order valence-corrected chi connectivity index (χ1v) is 8.32. The molecule has 106 valence electrons. The molecule has 1 aliphatic rings. The SMILES string of the molecule is CC1CCc2nc3sc(C#N)cc3cc2C1.CCCC. The highest BCUT2D eigenvalue weighted by Gasteiger charge is 2.17. The predicted molar refractivity (Wildman–Crippen MR) is 86.1 cm³/mol. The lowest BCUT2D eigenvalue weighted by Crippen LogP contribution is -2.12. The van der Waals surface area contributed by atoms with Gasteiger partial charge in [-0.15, -0.1) is 11.3 Å². The standard InChI is InChI=1S/C13H12N2S.C4H10/c1-8-2-3-12-9(4-8)5-10-6-11(7-14)16-13(10)15-12;1-3-4-2/h5-6,8H,2-4H2,1H3;3-4H2,1-2H3. The lowest BCUT2D eigenvalue weighted by Gasteiger charge is -2.20. The summed E-state index contributed by atoms with van der Waals surface area (Å²) in [6, 6.07) is 6.37. The Morgan fingerprint density at radius 3 is 2.75 bits per heavy atom. The van der Waals surface area contributed by atoms with Crippen molar-refractivity contribution in [2.24, 2.45) is 5.92 Å². The molecule has 2 aromatic heterocycles. The fourth-order valence-corrected chi connectivity index (χ4v) is 3.19. The Kier molecular flexibility index (Phi) is 5.14. The van der Waals surface area contributed by atoms with Gasteiger partial charge in [0.1, 0.15) is 15.8 Å². The van der Waals surface area contributed by atoms with Crippen molar-refractivity contribution in [3.05, 3.63) is 28.3 Å². The number of rotatable bonds is 1. The van der Waals surface area contributed by atoms with Crippen LogP contribution in [-0.4, -0.2) is 4.98 Å². The van der Waals surface area contributed by atoms with Gasteiger partial charge in [-0.3, -0.25) is 0 Å². The Hall–Kier alpha value is -1.40. The molecule has 0 saturated carbocycles. The van der Waals surface area contributed by atoms with Crippen LogP contribution in [0.15, 0.2) is 12.1 Å². The third-order valence-corrected chi connectivity index (χ3v) is 4.68. The van der Waals surface area contributed by atoms with E-state index in [1.807, 2.05) is 6.07 Å². The van der Waals surface area contributed by atoms with Gasteiger partial charge in [0.05, 0.1) is 0 Å². The topological polar surface area (TPSA) is 36.7 Å². The number of pyridine rings is 1. The minimum atomic E-state index is 0.762. The molecule has 0 aliphatic heterocycles. The van der Waals surface area contributed by atoms with Gasteiger partial charge in [0.2, 0.25) is 0 Å². The molecule has 2 aromatic rings. The number of nitriles is 1. The smallest absolute Gasteiger partial charge is 0.124 e. The maximum atomic E-state index is 8.88. The maximum absolute atomic E-state index is 8.88. The van der Waals surface area contributed by atoms with Crippen molar-refractivity contribution >= 4 is 21.6 Å². The Labute approximate surface area is 125 Å². The molecule has 0 bridgehead atoms. The molecular formula is C17H22N2S. The number of hydrogen-bond acceptors (Lipinski definition) is 3. The second-order valence-electron chi connectivity index (χ2n) is 5.56. The number of hydrogen-bond donors (Lipinski definition) is 0. The van der Waals surface area contributed by atoms with E-state index in [-0.39, 0.29) is 0 Å². The van der Waals surface area contributed by atoms with Gasteiger partial charge in [-0.05, 0) is 42.9 Å². The number of unbranched alkanes of at least 4 members (excludes halogenated alkanes) is 1. The molecule has 1 atom stereocenters. The number of fused-ring (bicyclic) bond motifs is 2. The summed E-state index contributed by atoms with van der Waals surface area (Å²) in [5.41, 5.74) is 2.63. The summed E-state index contributed by atoms with van der Waals surface area (Å²) in [5, 5.41) is 10.0. The molecule has 0 fully saturated rings. The van der Waals surface area contributed by atoms with E-state index in [9.17, 15) is 0 Å². The lowest BCUT2D eigenvalue weighted by atomic mass is 9.88. The minimum absolute atomic E-state index is 0.762. The monoisotopic (exact) mass is 286 g/mol. The molecule has 3 rings (SSSR count). The van der Waals surface area contributed by atoms with E-state index in [0.29, 0.717) is 0 Å². The molecule has 0 spiro atoms. The zero-order valence-corrected chi connectivity index (χ0v) is 13.4. The molecule has 0 amide bonds. The largest absolute Gasteiger partial charge is 0.242 e. The Morgan fingerprint density at radius 2 is 2.10 bits per heavy atom. The number of aryl methyl sites for hydroxylation is 1. The van der Waals surface area contributed by atoms with Gasteiger partial charge in [0.25, 0.3) is 0 Å². The first-order chi connectivity index (χ1) is 9.67. The van der Waals surface area contributed by atoms with Gasteiger partial charge in [-0.2, -0.15) is 5.26 Å². The summed E-state index contributed by atoms with van der Waals surface area (Å²) >= 11 is 1.50. The van der Waals surface area contributed by atoms with Crippen LogP contribution >= 0.6 is 11.3 Å². The van der Waals surface area contributed by atoms with E-state index in [1.165, 1.54) is 41.9 Å². The number of thiophene rings is 1. The summed E-state index contributed by atoms with van der Waals surface area (Å²) in [6.07, 6.45) is 6.10. The van der Waals surface area contributed by atoms with Gasteiger partial charge >= 0.3 is 0 Å². The maximum Gasteiger partial charge on any atom is 0.124 e. The summed E-state index contributed by atoms with van der Waals surface area (Å²) < 4.78 is 0. The highest BCUT2D eigenvalue weighted by atomic mass is 32.1. The molecule has 1 aliphatic carbocycles. The first kappa shape index (κ1) is 15.0. The van der Waals surface area contributed by atoms with E-state index in [4.69, 9.17) is 5.26 Å².